The summed E-state index contributed by atoms with van der Waals surface area (Å²) in [6, 6.07) is 0. The molecule has 0 amide bonds. The van der Waals surface area contributed by atoms with Crippen molar-refractivity contribution in [1.29, 1.82) is 0 Å². The Bertz CT molecular complexity index is 164. The Labute approximate surface area is 66.0 Å². The molecule has 1 saturated heterocycles. The lowest BCUT2D eigenvalue weighted by atomic mass is 10.2. The van der Waals surface area contributed by atoms with Crippen molar-refractivity contribution in [3.63, 3.8) is 0 Å². The van der Waals surface area contributed by atoms with Crippen LogP contribution in [0.15, 0.2) is 11.6 Å². The summed E-state index contributed by atoms with van der Waals surface area (Å²) in [5.41, 5.74) is 1.23. The van der Waals surface area contributed by atoms with Gasteiger partial charge in [0, 0.05) is 6.92 Å². The number of carbonyl (C=O) groups excluding carboxylic acids is 1. The van der Waals surface area contributed by atoms with Gasteiger partial charge in [-0.3, -0.25) is 4.79 Å². The fourth-order valence-electron chi connectivity index (χ4n) is 0.917. The predicted molar refractivity (Wildman–Crippen MR) is 40.2 cm³/mol. The molecule has 0 unspecified atom stereocenters. The zero-order valence-corrected chi connectivity index (χ0v) is 6.63. The second kappa shape index (κ2) is 4.13. The summed E-state index contributed by atoms with van der Waals surface area (Å²) in [4.78, 5) is 10.3. The maximum atomic E-state index is 10.3. The molecule has 0 N–H and O–H groups in total. The van der Waals surface area contributed by atoms with Gasteiger partial charge in [-0.25, -0.2) is 0 Å². The van der Waals surface area contributed by atoms with E-state index in [1.54, 1.807) is 0 Å². The van der Waals surface area contributed by atoms with Crippen LogP contribution in [-0.2, 0) is 14.3 Å². The third-order valence-corrected chi connectivity index (χ3v) is 1.51. The van der Waals surface area contributed by atoms with Crippen LogP contribution in [0.3, 0.4) is 0 Å². The monoisotopic (exact) mass is 156 g/mol. The normalized spacial score (nSPS) is 20.6. The molecule has 0 aromatic rings. The molecule has 0 aromatic carbocycles. The fraction of sp³-hybridized carbons (Fsp3) is 0.625. The molecule has 11 heavy (non-hydrogen) atoms. The SMILES string of the molecule is CC(=O)OCC=C1CCOC1. The van der Waals surface area contributed by atoms with Crippen molar-refractivity contribution in [1.82, 2.24) is 0 Å². The third kappa shape index (κ3) is 3.18. The molecule has 1 fully saturated rings. The Kier molecular flexibility index (Phi) is 3.11. The highest BCUT2D eigenvalue weighted by Crippen LogP contribution is 2.09. The molecule has 0 radical (unpaired) electrons. The summed E-state index contributed by atoms with van der Waals surface area (Å²) in [5.74, 6) is -0.235. The van der Waals surface area contributed by atoms with E-state index in [0.717, 1.165) is 13.0 Å². The maximum absolute atomic E-state index is 10.3. The van der Waals surface area contributed by atoms with Crippen molar-refractivity contribution in [2.24, 2.45) is 0 Å². The third-order valence-electron chi connectivity index (χ3n) is 1.51. The fourth-order valence-corrected chi connectivity index (χ4v) is 0.917. The summed E-state index contributed by atoms with van der Waals surface area (Å²) < 4.78 is 9.84. The topological polar surface area (TPSA) is 35.5 Å². The molecule has 3 heteroatoms. The lowest BCUT2D eigenvalue weighted by Gasteiger charge is -1.96. The van der Waals surface area contributed by atoms with E-state index >= 15 is 0 Å². The van der Waals surface area contributed by atoms with E-state index in [9.17, 15) is 4.79 Å². The minimum atomic E-state index is -0.235. The van der Waals surface area contributed by atoms with Crippen LogP contribution in [0.5, 0.6) is 0 Å². The van der Waals surface area contributed by atoms with E-state index in [4.69, 9.17) is 9.47 Å². The van der Waals surface area contributed by atoms with Crippen LogP contribution in [0.1, 0.15) is 13.3 Å². The van der Waals surface area contributed by atoms with Gasteiger partial charge in [0.1, 0.15) is 6.61 Å². The molecule has 0 atom stereocenters. The average Bonchev–Trinajstić information content (AvgIpc) is 2.39. The van der Waals surface area contributed by atoms with E-state index in [2.05, 4.69) is 0 Å². The number of rotatable bonds is 2. The average molecular weight is 156 g/mol. The van der Waals surface area contributed by atoms with Crippen molar-refractivity contribution in [3.8, 4) is 0 Å². The Morgan fingerprint density at radius 3 is 3.18 bits per heavy atom. The van der Waals surface area contributed by atoms with Gasteiger partial charge in [-0.1, -0.05) is 0 Å². The molecule has 3 nitrogen and oxygen atoms in total. The van der Waals surface area contributed by atoms with Gasteiger partial charge >= 0.3 is 5.97 Å². The Morgan fingerprint density at radius 1 is 1.82 bits per heavy atom. The first kappa shape index (κ1) is 8.27. The first-order chi connectivity index (χ1) is 5.29. The van der Waals surface area contributed by atoms with Gasteiger partial charge in [0.15, 0.2) is 0 Å². The van der Waals surface area contributed by atoms with E-state index in [1.807, 2.05) is 6.08 Å². The van der Waals surface area contributed by atoms with Gasteiger partial charge in [0.25, 0.3) is 0 Å². The molecule has 0 spiro atoms. The lowest BCUT2D eigenvalue weighted by molar-refractivity contribution is -0.139. The van der Waals surface area contributed by atoms with E-state index in [1.165, 1.54) is 12.5 Å². The van der Waals surface area contributed by atoms with E-state index < -0.39 is 0 Å². The molecule has 0 aromatic heterocycles. The second-order valence-electron chi connectivity index (χ2n) is 2.47. The van der Waals surface area contributed by atoms with Gasteiger partial charge in [-0.15, -0.1) is 0 Å². The van der Waals surface area contributed by atoms with Gasteiger partial charge in [-0.05, 0) is 18.1 Å². The van der Waals surface area contributed by atoms with Crippen molar-refractivity contribution in [3.05, 3.63) is 11.6 Å². The molecule has 62 valence electrons. The molecule has 1 aliphatic rings. The van der Waals surface area contributed by atoms with Crippen LogP contribution in [-0.4, -0.2) is 25.8 Å². The van der Waals surface area contributed by atoms with Crippen molar-refractivity contribution >= 4 is 5.97 Å². The maximum Gasteiger partial charge on any atom is 0.302 e. The minimum absolute atomic E-state index is 0.235. The van der Waals surface area contributed by atoms with Crippen LogP contribution in [0.4, 0.5) is 0 Å². The van der Waals surface area contributed by atoms with Crippen LogP contribution >= 0.6 is 0 Å². The summed E-state index contributed by atoms with van der Waals surface area (Å²) in [6.45, 7) is 3.28. The Morgan fingerprint density at radius 2 is 2.64 bits per heavy atom. The number of carbonyl (C=O) groups is 1. The second-order valence-corrected chi connectivity index (χ2v) is 2.47. The molecular formula is C8H12O3. The predicted octanol–water partition coefficient (Wildman–Crippen LogP) is 0.896. The largest absolute Gasteiger partial charge is 0.462 e. The molecule has 1 aliphatic heterocycles. The van der Waals surface area contributed by atoms with Crippen molar-refractivity contribution in [2.45, 2.75) is 13.3 Å². The highest BCUT2D eigenvalue weighted by Gasteiger charge is 2.05. The highest BCUT2D eigenvalue weighted by molar-refractivity contribution is 5.66. The molecule has 0 bridgehead atoms. The van der Waals surface area contributed by atoms with Crippen molar-refractivity contribution in [2.75, 3.05) is 19.8 Å². The van der Waals surface area contributed by atoms with Crippen LogP contribution in [0, 0.1) is 0 Å². The molecular weight excluding hydrogens is 144 g/mol. The summed E-state index contributed by atoms with van der Waals surface area (Å²) in [5, 5.41) is 0. The summed E-state index contributed by atoms with van der Waals surface area (Å²) in [7, 11) is 0. The quantitative estimate of drug-likeness (QED) is 0.440. The van der Waals surface area contributed by atoms with E-state index in [0.29, 0.717) is 13.2 Å². The standard InChI is InChI=1S/C8H12O3/c1-7(9)11-5-3-8-2-4-10-6-8/h3H,2,4-6H2,1H3. The minimum Gasteiger partial charge on any atom is -0.462 e. The van der Waals surface area contributed by atoms with Crippen LogP contribution in [0.25, 0.3) is 0 Å². The molecule has 0 aliphatic carbocycles. The smallest absolute Gasteiger partial charge is 0.302 e. The van der Waals surface area contributed by atoms with Gasteiger partial charge in [-0.2, -0.15) is 0 Å². The Hall–Kier alpha value is -0.830. The van der Waals surface area contributed by atoms with Crippen molar-refractivity contribution < 1.29 is 14.3 Å². The van der Waals surface area contributed by atoms with Crippen LogP contribution < -0.4 is 0 Å². The number of esters is 1. The lowest BCUT2D eigenvalue weighted by Crippen LogP contribution is -1.98. The number of ether oxygens (including phenoxy) is 2. The Balaban J connectivity index is 2.18. The molecule has 1 heterocycles. The summed E-state index contributed by atoms with van der Waals surface area (Å²) >= 11 is 0. The number of hydrogen-bond acceptors (Lipinski definition) is 3. The first-order valence-corrected chi connectivity index (χ1v) is 3.68. The number of hydrogen-bond donors (Lipinski definition) is 0. The van der Waals surface area contributed by atoms with Crippen LogP contribution in [0.2, 0.25) is 0 Å². The molecule has 0 saturated carbocycles. The van der Waals surface area contributed by atoms with Gasteiger partial charge in [0.2, 0.25) is 0 Å². The van der Waals surface area contributed by atoms with Gasteiger partial charge in [0.05, 0.1) is 13.2 Å². The van der Waals surface area contributed by atoms with Gasteiger partial charge < -0.3 is 9.47 Å². The highest BCUT2D eigenvalue weighted by atomic mass is 16.5. The summed E-state index contributed by atoms with van der Waals surface area (Å²) in [6.07, 6.45) is 2.88. The zero-order chi connectivity index (χ0) is 8.10. The van der Waals surface area contributed by atoms with E-state index in [-0.39, 0.29) is 5.97 Å². The molecule has 1 rings (SSSR count). The zero-order valence-electron chi connectivity index (χ0n) is 6.63. The first-order valence-electron chi connectivity index (χ1n) is 3.68.